The van der Waals surface area contributed by atoms with Crippen molar-refractivity contribution in [3.05, 3.63) is 71.8 Å². The number of rotatable bonds is 1. The summed E-state index contributed by atoms with van der Waals surface area (Å²) in [5.74, 6) is 0. The molecule has 0 saturated carbocycles. The van der Waals surface area contributed by atoms with Gasteiger partial charge in [0.15, 0.2) is 0 Å². The molecule has 0 radical (unpaired) electrons. The van der Waals surface area contributed by atoms with Crippen molar-refractivity contribution in [2.24, 2.45) is 0 Å². The number of hydrogen-bond acceptors (Lipinski definition) is 1. The summed E-state index contributed by atoms with van der Waals surface area (Å²) >= 11 is 1.89. The predicted octanol–water partition coefficient (Wildman–Crippen LogP) is 6.34. The van der Waals surface area contributed by atoms with E-state index in [4.69, 9.17) is 0 Å². The molecule has 0 unspecified atom stereocenters. The average molecular weight is 288 g/mol. The SMILES string of the molecule is Cc1ccc(-c2cccc3c2sc2ccccc23)cc1C. The van der Waals surface area contributed by atoms with Gasteiger partial charge >= 0.3 is 0 Å². The summed E-state index contributed by atoms with van der Waals surface area (Å²) < 4.78 is 2.76. The zero-order chi connectivity index (χ0) is 14.4. The molecular weight excluding hydrogens is 272 g/mol. The normalized spacial score (nSPS) is 11.3. The van der Waals surface area contributed by atoms with Gasteiger partial charge in [-0.2, -0.15) is 0 Å². The summed E-state index contributed by atoms with van der Waals surface area (Å²) in [4.78, 5) is 0. The maximum absolute atomic E-state index is 2.30. The van der Waals surface area contributed by atoms with Crippen LogP contribution in [0.25, 0.3) is 31.3 Å². The summed E-state index contributed by atoms with van der Waals surface area (Å²) in [5.41, 5.74) is 5.36. The van der Waals surface area contributed by atoms with Crippen molar-refractivity contribution in [3.8, 4) is 11.1 Å². The first kappa shape index (κ1) is 12.6. The van der Waals surface area contributed by atoms with Gasteiger partial charge in [-0.3, -0.25) is 0 Å². The van der Waals surface area contributed by atoms with Gasteiger partial charge in [-0.1, -0.05) is 54.6 Å². The second-order valence-corrected chi connectivity index (χ2v) is 6.63. The van der Waals surface area contributed by atoms with Gasteiger partial charge in [0.25, 0.3) is 0 Å². The zero-order valence-corrected chi connectivity index (χ0v) is 13.0. The molecule has 0 aliphatic heterocycles. The second kappa shape index (κ2) is 4.71. The molecule has 0 bridgehead atoms. The van der Waals surface area contributed by atoms with E-state index in [2.05, 4.69) is 74.5 Å². The van der Waals surface area contributed by atoms with Gasteiger partial charge in [-0.25, -0.2) is 0 Å². The van der Waals surface area contributed by atoms with E-state index in [1.165, 1.54) is 42.4 Å². The second-order valence-electron chi connectivity index (χ2n) is 5.58. The number of thiophene rings is 1. The Kier molecular flexibility index (Phi) is 2.83. The summed E-state index contributed by atoms with van der Waals surface area (Å²) in [5, 5.41) is 2.73. The number of fused-ring (bicyclic) bond motifs is 3. The Labute approximate surface area is 128 Å². The fraction of sp³-hybridized carbons (Fsp3) is 0.100. The van der Waals surface area contributed by atoms with Crippen LogP contribution in [0, 0.1) is 13.8 Å². The van der Waals surface area contributed by atoms with E-state index in [0.29, 0.717) is 0 Å². The van der Waals surface area contributed by atoms with Crippen LogP contribution in [0.4, 0.5) is 0 Å². The molecule has 1 heterocycles. The molecule has 4 rings (SSSR count). The van der Waals surface area contributed by atoms with E-state index in [1.807, 2.05) is 11.3 Å². The third-order valence-electron chi connectivity index (χ3n) is 4.22. The Morgan fingerprint density at radius 3 is 2.38 bits per heavy atom. The molecular formula is C20H16S. The molecule has 0 fully saturated rings. The largest absolute Gasteiger partial charge is 0.135 e. The fourth-order valence-electron chi connectivity index (χ4n) is 2.88. The molecule has 0 atom stereocenters. The van der Waals surface area contributed by atoms with E-state index in [9.17, 15) is 0 Å². The van der Waals surface area contributed by atoms with E-state index >= 15 is 0 Å². The number of aryl methyl sites for hydroxylation is 2. The summed E-state index contributed by atoms with van der Waals surface area (Å²) in [6.45, 7) is 4.35. The first-order valence-electron chi connectivity index (χ1n) is 7.22. The van der Waals surface area contributed by atoms with E-state index in [-0.39, 0.29) is 0 Å². The molecule has 1 aromatic heterocycles. The molecule has 102 valence electrons. The summed E-state index contributed by atoms with van der Waals surface area (Å²) in [7, 11) is 0. The monoisotopic (exact) mass is 288 g/mol. The van der Waals surface area contributed by atoms with Crippen LogP contribution >= 0.6 is 11.3 Å². The number of benzene rings is 3. The lowest BCUT2D eigenvalue weighted by molar-refractivity contribution is 1.34. The first-order chi connectivity index (χ1) is 10.2. The minimum Gasteiger partial charge on any atom is -0.135 e. The average Bonchev–Trinajstić information content (AvgIpc) is 2.89. The van der Waals surface area contributed by atoms with E-state index in [1.54, 1.807) is 0 Å². The highest BCUT2D eigenvalue weighted by Gasteiger charge is 2.10. The van der Waals surface area contributed by atoms with Gasteiger partial charge < -0.3 is 0 Å². The van der Waals surface area contributed by atoms with Gasteiger partial charge in [0.1, 0.15) is 0 Å². The zero-order valence-electron chi connectivity index (χ0n) is 12.2. The van der Waals surface area contributed by atoms with Crippen LogP contribution in [0.3, 0.4) is 0 Å². The Bertz CT molecular complexity index is 960. The molecule has 0 aliphatic carbocycles. The smallest absolute Gasteiger partial charge is 0.0433 e. The van der Waals surface area contributed by atoms with Crippen molar-refractivity contribution in [1.29, 1.82) is 0 Å². The van der Waals surface area contributed by atoms with Crippen molar-refractivity contribution in [3.63, 3.8) is 0 Å². The topological polar surface area (TPSA) is 0 Å². The Morgan fingerprint density at radius 1 is 0.714 bits per heavy atom. The maximum atomic E-state index is 2.30. The lowest BCUT2D eigenvalue weighted by atomic mass is 9.99. The lowest BCUT2D eigenvalue weighted by Crippen LogP contribution is -1.83. The van der Waals surface area contributed by atoms with Gasteiger partial charge in [-0.15, -0.1) is 11.3 Å². The Hall–Kier alpha value is -2.12. The van der Waals surface area contributed by atoms with Crippen LogP contribution in [0.5, 0.6) is 0 Å². The van der Waals surface area contributed by atoms with Crippen molar-refractivity contribution in [2.45, 2.75) is 13.8 Å². The highest BCUT2D eigenvalue weighted by Crippen LogP contribution is 2.39. The molecule has 21 heavy (non-hydrogen) atoms. The Balaban J connectivity index is 2.06. The fourth-order valence-corrected chi connectivity index (χ4v) is 4.12. The van der Waals surface area contributed by atoms with Crippen molar-refractivity contribution in [2.75, 3.05) is 0 Å². The van der Waals surface area contributed by atoms with Crippen LogP contribution in [0.1, 0.15) is 11.1 Å². The predicted molar refractivity (Wildman–Crippen MR) is 94.2 cm³/mol. The van der Waals surface area contributed by atoms with Crippen LogP contribution in [-0.4, -0.2) is 0 Å². The third kappa shape index (κ3) is 1.97. The molecule has 0 nitrogen and oxygen atoms in total. The van der Waals surface area contributed by atoms with E-state index in [0.717, 1.165) is 0 Å². The number of hydrogen-bond donors (Lipinski definition) is 0. The van der Waals surface area contributed by atoms with Crippen molar-refractivity contribution in [1.82, 2.24) is 0 Å². The molecule has 0 spiro atoms. The molecule has 1 heteroatoms. The lowest BCUT2D eigenvalue weighted by Gasteiger charge is -2.07. The van der Waals surface area contributed by atoms with Gasteiger partial charge in [0, 0.05) is 20.2 Å². The summed E-state index contributed by atoms with van der Waals surface area (Å²) in [6.07, 6.45) is 0. The van der Waals surface area contributed by atoms with E-state index < -0.39 is 0 Å². The Morgan fingerprint density at radius 2 is 1.52 bits per heavy atom. The van der Waals surface area contributed by atoms with Gasteiger partial charge in [0.05, 0.1) is 0 Å². The van der Waals surface area contributed by atoms with Crippen molar-refractivity contribution >= 4 is 31.5 Å². The highest BCUT2D eigenvalue weighted by atomic mass is 32.1. The van der Waals surface area contributed by atoms with Crippen LogP contribution in [0.2, 0.25) is 0 Å². The van der Waals surface area contributed by atoms with Gasteiger partial charge in [-0.05, 0) is 42.2 Å². The maximum Gasteiger partial charge on any atom is 0.0433 e. The van der Waals surface area contributed by atoms with Crippen LogP contribution < -0.4 is 0 Å². The van der Waals surface area contributed by atoms with Crippen molar-refractivity contribution < 1.29 is 0 Å². The molecule has 0 saturated heterocycles. The highest BCUT2D eigenvalue weighted by molar-refractivity contribution is 7.26. The third-order valence-corrected chi connectivity index (χ3v) is 5.44. The minimum absolute atomic E-state index is 1.32. The van der Waals surface area contributed by atoms with Crippen LogP contribution in [0.15, 0.2) is 60.7 Å². The summed E-state index contributed by atoms with van der Waals surface area (Å²) in [6, 6.07) is 22.1. The molecule has 0 amide bonds. The quantitative estimate of drug-likeness (QED) is 0.383. The standard InChI is InChI=1S/C20H16S/c1-13-10-11-15(12-14(13)2)16-7-5-8-18-17-6-3-4-9-19(17)21-20(16)18/h3-12H,1-2H3. The first-order valence-corrected chi connectivity index (χ1v) is 8.03. The molecule has 0 aliphatic rings. The molecule has 3 aromatic carbocycles. The minimum atomic E-state index is 1.32. The molecule has 4 aromatic rings. The molecule has 0 N–H and O–H groups in total. The van der Waals surface area contributed by atoms with Crippen LogP contribution in [-0.2, 0) is 0 Å². The van der Waals surface area contributed by atoms with Gasteiger partial charge in [0.2, 0.25) is 0 Å².